The van der Waals surface area contributed by atoms with Crippen LogP contribution >= 0.6 is 7.82 Å². The minimum atomic E-state index is -3.97. The van der Waals surface area contributed by atoms with Crippen LogP contribution in [0.15, 0.2) is 0 Å². The van der Waals surface area contributed by atoms with Crippen molar-refractivity contribution < 1.29 is 23.2 Å². The number of halogens is 1. The zero-order chi connectivity index (χ0) is 5.49. The van der Waals surface area contributed by atoms with E-state index in [1.54, 1.807) is 0 Å². The Morgan fingerprint density at radius 2 is 2.14 bits per heavy atom. The van der Waals surface area contributed by atoms with Gasteiger partial charge in [0.1, 0.15) is 5.45 Å². The zero-order valence-corrected chi connectivity index (χ0v) is 3.84. The van der Waals surface area contributed by atoms with Crippen LogP contribution in [0, 0.1) is 0 Å². The highest BCUT2D eigenvalue weighted by atomic mass is 31.2. The fourth-order valence-electron chi connectivity index (χ4n) is 0.168. The van der Waals surface area contributed by atoms with E-state index in [1.165, 1.54) is 0 Å². The maximum atomic E-state index is 11.1. The average molecular weight is 129 g/mol. The Hall–Kier alpha value is -0.0000000000000000486. The van der Waals surface area contributed by atoms with Crippen LogP contribution in [0.2, 0.25) is 0 Å². The topological polar surface area (TPSA) is 59.0 Å². The molecule has 0 spiro atoms. The molecule has 0 saturated carbocycles. The van der Waals surface area contributed by atoms with E-state index >= 15 is 0 Å². The minimum Gasteiger partial charge on any atom is -0.300 e. The Kier molecular flexibility index (Phi) is 0.911. The lowest BCUT2D eigenvalue weighted by Gasteiger charge is -2.22. The summed E-state index contributed by atoms with van der Waals surface area (Å²) in [6.07, 6.45) is 0. The van der Waals surface area contributed by atoms with Crippen LogP contribution in [-0.2, 0) is 13.8 Å². The molecule has 0 aliphatic carbocycles. The number of hydrogen-bond donors (Lipinski definition) is 1. The number of hydrogen-bond acceptors (Lipinski definition) is 4. The molecule has 7 heteroatoms. The van der Waals surface area contributed by atoms with Crippen molar-refractivity contribution in [3.05, 3.63) is 0 Å². The van der Waals surface area contributed by atoms with Gasteiger partial charge in [-0.2, -0.15) is 0 Å². The first-order valence-electron chi connectivity index (χ1n) is 1.28. The number of rotatable bonds is 0. The lowest BCUT2D eigenvalue weighted by Crippen LogP contribution is -2.23. The van der Waals surface area contributed by atoms with Crippen molar-refractivity contribution in [1.82, 2.24) is 5.45 Å². The Balaban J connectivity index is 2.44. The second-order valence-corrected chi connectivity index (χ2v) is 2.11. The van der Waals surface area contributed by atoms with Gasteiger partial charge in [0.25, 0.3) is 0 Å². The molecule has 1 fully saturated rings. The summed E-state index contributed by atoms with van der Waals surface area (Å²) in [5, 5.41) is 0. The van der Waals surface area contributed by atoms with Gasteiger partial charge in [-0.25, -0.2) is 4.57 Å². The normalized spacial score (nSPS) is 29.4. The maximum absolute atomic E-state index is 11.1. The average Bonchev–Trinajstić information content (AvgIpc) is 1.27. The molecule has 0 aromatic carbocycles. The SMILES string of the molecule is O=P1(O)ON(F)O1. The molecule has 1 aliphatic rings. The molecule has 1 aliphatic heterocycles. The molecule has 0 amide bonds. The fraction of sp³-hybridized carbons (Fsp3) is 0. The van der Waals surface area contributed by atoms with E-state index in [2.05, 4.69) is 9.25 Å². The summed E-state index contributed by atoms with van der Waals surface area (Å²) in [5.74, 6) is 0. The van der Waals surface area contributed by atoms with Gasteiger partial charge in [-0.05, 0) is 0 Å². The molecule has 0 aromatic rings. The molecule has 0 bridgehead atoms. The van der Waals surface area contributed by atoms with Crippen LogP contribution in [0.5, 0.6) is 0 Å². The lowest BCUT2D eigenvalue weighted by atomic mass is 13.1. The summed E-state index contributed by atoms with van der Waals surface area (Å²) in [4.78, 5) is 7.91. The molecule has 42 valence electrons. The third-order valence-electron chi connectivity index (χ3n) is 0.335. The van der Waals surface area contributed by atoms with Crippen molar-refractivity contribution in [2.24, 2.45) is 0 Å². The van der Waals surface area contributed by atoms with Gasteiger partial charge >= 0.3 is 7.82 Å². The predicted octanol–water partition coefficient (Wildman–Crippen LogP) is 0.150. The van der Waals surface area contributed by atoms with E-state index in [1.807, 2.05) is 0 Å². The number of nitrogens with zero attached hydrogens (tertiary/aromatic N) is 1. The van der Waals surface area contributed by atoms with Crippen LogP contribution in [0.1, 0.15) is 0 Å². The quantitative estimate of drug-likeness (QED) is 0.372. The maximum Gasteiger partial charge on any atom is 0.513 e. The van der Waals surface area contributed by atoms with Crippen LogP contribution in [0.4, 0.5) is 4.48 Å². The second kappa shape index (κ2) is 1.24. The van der Waals surface area contributed by atoms with Gasteiger partial charge in [-0.1, -0.05) is 4.48 Å². The van der Waals surface area contributed by atoms with Crippen molar-refractivity contribution in [3.8, 4) is 0 Å². The summed E-state index contributed by atoms with van der Waals surface area (Å²) < 4.78 is 27.5. The molecule has 5 nitrogen and oxygen atoms in total. The molecule has 7 heavy (non-hydrogen) atoms. The molecule has 1 rings (SSSR count). The Bertz CT molecular complexity index is 113. The van der Waals surface area contributed by atoms with E-state index in [4.69, 9.17) is 4.89 Å². The van der Waals surface area contributed by atoms with E-state index < -0.39 is 13.3 Å². The van der Waals surface area contributed by atoms with E-state index in [0.29, 0.717) is 0 Å². The largest absolute Gasteiger partial charge is 0.513 e. The van der Waals surface area contributed by atoms with E-state index in [0.717, 1.165) is 0 Å². The summed E-state index contributed by atoms with van der Waals surface area (Å²) in [6.45, 7) is 0. The highest BCUT2D eigenvalue weighted by Crippen LogP contribution is 2.54. The molecule has 0 aromatic heterocycles. The van der Waals surface area contributed by atoms with Crippen molar-refractivity contribution in [3.63, 3.8) is 0 Å². The summed E-state index contributed by atoms with van der Waals surface area (Å²) in [7, 11) is -3.97. The molecule has 1 N–H and O–H groups in total. The van der Waals surface area contributed by atoms with Crippen LogP contribution in [-0.4, -0.2) is 10.3 Å². The lowest BCUT2D eigenvalue weighted by molar-refractivity contribution is -0.451. The first-order valence-corrected chi connectivity index (χ1v) is 2.78. The highest BCUT2D eigenvalue weighted by molar-refractivity contribution is 7.48. The van der Waals surface area contributed by atoms with E-state index in [-0.39, 0.29) is 0 Å². The van der Waals surface area contributed by atoms with Crippen molar-refractivity contribution in [1.29, 1.82) is 0 Å². The molecular weight excluding hydrogens is 128 g/mol. The summed E-state index contributed by atoms with van der Waals surface area (Å²) >= 11 is 0. The van der Waals surface area contributed by atoms with E-state index in [9.17, 15) is 9.05 Å². The van der Waals surface area contributed by atoms with Gasteiger partial charge in [-0.15, -0.1) is 9.25 Å². The molecule has 1 saturated heterocycles. The smallest absolute Gasteiger partial charge is 0.300 e. The van der Waals surface area contributed by atoms with Crippen molar-refractivity contribution >= 4 is 7.82 Å². The van der Waals surface area contributed by atoms with Crippen molar-refractivity contribution in [2.45, 2.75) is 0 Å². The monoisotopic (exact) mass is 129 g/mol. The first-order chi connectivity index (χ1) is 3.10. The number of phosphoric acid groups is 1. The summed E-state index contributed by atoms with van der Waals surface area (Å²) in [5.41, 5.74) is -0.680. The van der Waals surface area contributed by atoms with Gasteiger partial charge in [-0.3, -0.25) is 0 Å². The third kappa shape index (κ3) is 0.960. The predicted molar refractivity (Wildman–Crippen MR) is 14.9 cm³/mol. The fourth-order valence-corrected chi connectivity index (χ4v) is 0.505. The van der Waals surface area contributed by atoms with Gasteiger partial charge < -0.3 is 4.89 Å². The van der Waals surface area contributed by atoms with Crippen LogP contribution < -0.4 is 0 Å². The highest BCUT2D eigenvalue weighted by Gasteiger charge is 2.42. The minimum absolute atomic E-state index is 0.680. The molecular formula is HFNO4P. The molecule has 0 radical (unpaired) electrons. The van der Waals surface area contributed by atoms with Gasteiger partial charge in [0.05, 0.1) is 0 Å². The molecule has 0 unspecified atom stereocenters. The summed E-state index contributed by atoms with van der Waals surface area (Å²) in [6, 6.07) is 0. The molecule has 1 heterocycles. The Morgan fingerprint density at radius 3 is 2.14 bits per heavy atom. The second-order valence-electron chi connectivity index (χ2n) is 0.844. The zero-order valence-electron chi connectivity index (χ0n) is 2.94. The Labute approximate surface area is 37.7 Å². The first kappa shape index (κ1) is 5.14. The van der Waals surface area contributed by atoms with Crippen molar-refractivity contribution in [2.75, 3.05) is 0 Å². The van der Waals surface area contributed by atoms with Gasteiger partial charge in [0.15, 0.2) is 0 Å². The van der Waals surface area contributed by atoms with Crippen LogP contribution in [0.3, 0.4) is 0 Å². The standard InChI is InChI=1S/FHNO4P/c1-2-5-7(3,4)6-2/h(H,3,4). The molecule has 0 atom stereocenters. The van der Waals surface area contributed by atoms with Gasteiger partial charge in [0.2, 0.25) is 0 Å². The van der Waals surface area contributed by atoms with Crippen LogP contribution in [0.25, 0.3) is 0 Å². The third-order valence-corrected chi connectivity index (χ3v) is 1.00. The Morgan fingerprint density at radius 1 is 1.71 bits per heavy atom. The van der Waals surface area contributed by atoms with Gasteiger partial charge in [0, 0.05) is 0 Å².